The molecule has 3 nitrogen and oxygen atoms in total. The number of nitrogen functional groups attached to an aromatic ring is 1. The summed E-state index contributed by atoms with van der Waals surface area (Å²) in [5.41, 5.74) is 8.17. The Kier molecular flexibility index (Phi) is 2.69. The van der Waals surface area contributed by atoms with E-state index in [-0.39, 0.29) is 5.82 Å². The molecule has 5 heteroatoms. The van der Waals surface area contributed by atoms with Crippen LogP contribution in [0, 0.1) is 5.82 Å². The Morgan fingerprint density at radius 2 is 2.05 bits per heavy atom. The molecule has 0 bridgehead atoms. The third-order valence-electron chi connectivity index (χ3n) is 3.81. The summed E-state index contributed by atoms with van der Waals surface area (Å²) in [7, 11) is 0. The number of para-hydroxylation sites is 1. The molecule has 0 aliphatic heterocycles. The smallest absolute Gasteiger partial charge is 0.144 e. The summed E-state index contributed by atoms with van der Waals surface area (Å²) in [5.74, 6) is 0.265. The number of benzene rings is 2. The maximum atomic E-state index is 14.3. The SMILES string of the molecule is Nc1ccc(-c2nc3cccc(Cl)c3n2C2CC2)c(F)c1. The van der Waals surface area contributed by atoms with Crippen LogP contribution in [0.3, 0.4) is 0 Å². The maximum absolute atomic E-state index is 14.3. The molecule has 0 atom stereocenters. The summed E-state index contributed by atoms with van der Waals surface area (Å²) < 4.78 is 16.3. The molecule has 2 N–H and O–H groups in total. The molecule has 0 radical (unpaired) electrons. The maximum Gasteiger partial charge on any atom is 0.144 e. The molecule has 3 aromatic rings. The molecule has 0 unspecified atom stereocenters. The highest BCUT2D eigenvalue weighted by Gasteiger charge is 2.30. The molecule has 0 spiro atoms. The fraction of sp³-hybridized carbons (Fsp3) is 0.188. The van der Waals surface area contributed by atoms with Gasteiger partial charge in [0.1, 0.15) is 11.6 Å². The van der Waals surface area contributed by atoms with Crippen molar-refractivity contribution in [1.82, 2.24) is 9.55 Å². The van der Waals surface area contributed by atoms with Crippen LogP contribution < -0.4 is 5.73 Å². The Balaban J connectivity index is 2.04. The third-order valence-corrected chi connectivity index (χ3v) is 4.11. The highest BCUT2D eigenvalue weighted by Crippen LogP contribution is 2.43. The standard InChI is InChI=1S/C16H13ClFN3/c17-12-2-1-3-14-15(12)21(10-5-6-10)16(20-14)11-7-4-9(19)8-13(11)18/h1-4,7-8,10H,5-6,19H2. The molecule has 2 aromatic carbocycles. The molecule has 1 fully saturated rings. The van der Waals surface area contributed by atoms with Crippen molar-refractivity contribution in [3.63, 3.8) is 0 Å². The second-order valence-electron chi connectivity index (χ2n) is 5.38. The largest absolute Gasteiger partial charge is 0.399 e. The Hall–Kier alpha value is -2.07. The van der Waals surface area contributed by atoms with E-state index < -0.39 is 0 Å². The van der Waals surface area contributed by atoms with Crippen LogP contribution in [0.25, 0.3) is 22.4 Å². The summed E-state index contributed by atoms with van der Waals surface area (Å²) in [4.78, 5) is 4.59. The average molecular weight is 302 g/mol. The highest BCUT2D eigenvalue weighted by atomic mass is 35.5. The molecule has 4 rings (SSSR count). The summed E-state index contributed by atoms with van der Waals surface area (Å²) >= 11 is 6.33. The minimum atomic E-state index is -0.358. The summed E-state index contributed by atoms with van der Waals surface area (Å²) in [5, 5.41) is 0.647. The van der Waals surface area contributed by atoms with E-state index >= 15 is 0 Å². The lowest BCUT2D eigenvalue weighted by molar-refractivity contribution is 0.628. The molecule has 0 saturated heterocycles. The van der Waals surface area contributed by atoms with Crippen molar-refractivity contribution in [2.75, 3.05) is 5.73 Å². The third kappa shape index (κ3) is 1.98. The molecule has 1 saturated carbocycles. The minimum absolute atomic E-state index is 0.349. The highest BCUT2D eigenvalue weighted by molar-refractivity contribution is 6.35. The number of halogens is 2. The predicted octanol–water partition coefficient (Wildman–Crippen LogP) is 4.41. The Labute approximate surface area is 126 Å². The number of hydrogen-bond donors (Lipinski definition) is 1. The topological polar surface area (TPSA) is 43.8 Å². The van der Waals surface area contributed by atoms with Gasteiger partial charge in [-0.25, -0.2) is 9.37 Å². The second-order valence-corrected chi connectivity index (χ2v) is 5.79. The number of anilines is 1. The lowest BCUT2D eigenvalue weighted by atomic mass is 10.2. The minimum Gasteiger partial charge on any atom is -0.399 e. The van der Waals surface area contributed by atoms with Crippen LogP contribution in [-0.4, -0.2) is 9.55 Å². The summed E-state index contributed by atoms with van der Waals surface area (Å²) in [6.07, 6.45) is 2.14. The van der Waals surface area contributed by atoms with Gasteiger partial charge in [-0.2, -0.15) is 0 Å². The van der Waals surface area contributed by atoms with Gasteiger partial charge in [-0.05, 0) is 43.2 Å². The van der Waals surface area contributed by atoms with Gasteiger partial charge in [0, 0.05) is 11.7 Å². The normalized spacial score (nSPS) is 14.8. The zero-order valence-electron chi connectivity index (χ0n) is 11.2. The number of fused-ring (bicyclic) bond motifs is 1. The lowest BCUT2D eigenvalue weighted by Gasteiger charge is -2.09. The quantitative estimate of drug-likeness (QED) is 0.712. The molecule has 1 aromatic heterocycles. The number of nitrogens with zero attached hydrogens (tertiary/aromatic N) is 2. The zero-order chi connectivity index (χ0) is 14.6. The lowest BCUT2D eigenvalue weighted by Crippen LogP contribution is -2.00. The monoisotopic (exact) mass is 301 g/mol. The molecule has 0 amide bonds. The van der Waals surface area contributed by atoms with E-state index in [1.165, 1.54) is 6.07 Å². The first-order valence-electron chi connectivity index (χ1n) is 6.87. The Morgan fingerprint density at radius 1 is 1.24 bits per heavy atom. The first kappa shape index (κ1) is 12.7. The number of nitrogens with two attached hydrogens (primary N) is 1. The average Bonchev–Trinajstić information content (AvgIpc) is 3.20. The Morgan fingerprint density at radius 3 is 2.76 bits per heavy atom. The van der Waals surface area contributed by atoms with Crippen molar-refractivity contribution in [2.45, 2.75) is 18.9 Å². The molecular formula is C16H13ClFN3. The molecule has 21 heavy (non-hydrogen) atoms. The fourth-order valence-corrected chi connectivity index (χ4v) is 2.96. The van der Waals surface area contributed by atoms with Crippen LogP contribution in [0.4, 0.5) is 10.1 Å². The number of imidazole rings is 1. The van der Waals surface area contributed by atoms with E-state index in [0.717, 1.165) is 23.9 Å². The number of aromatic nitrogens is 2. The van der Waals surface area contributed by atoms with Crippen LogP contribution in [0.5, 0.6) is 0 Å². The molecule has 106 valence electrons. The van der Waals surface area contributed by atoms with Crippen LogP contribution in [0.15, 0.2) is 36.4 Å². The van der Waals surface area contributed by atoms with Crippen LogP contribution >= 0.6 is 11.6 Å². The van der Waals surface area contributed by atoms with Crippen molar-refractivity contribution in [1.29, 1.82) is 0 Å². The van der Waals surface area contributed by atoms with Gasteiger partial charge >= 0.3 is 0 Å². The van der Waals surface area contributed by atoms with E-state index in [9.17, 15) is 4.39 Å². The van der Waals surface area contributed by atoms with Gasteiger partial charge in [-0.3, -0.25) is 0 Å². The van der Waals surface area contributed by atoms with Gasteiger partial charge in [0.05, 0.1) is 21.6 Å². The van der Waals surface area contributed by atoms with Crippen molar-refractivity contribution >= 4 is 28.3 Å². The molecular weight excluding hydrogens is 289 g/mol. The van der Waals surface area contributed by atoms with E-state index in [4.69, 9.17) is 17.3 Å². The number of rotatable bonds is 2. The van der Waals surface area contributed by atoms with Gasteiger partial charge < -0.3 is 10.3 Å². The van der Waals surface area contributed by atoms with Gasteiger partial charge in [-0.1, -0.05) is 17.7 Å². The summed E-state index contributed by atoms with van der Waals surface area (Å²) in [6, 6.07) is 10.6. The zero-order valence-corrected chi connectivity index (χ0v) is 11.9. The van der Waals surface area contributed by atoms with Gasteiger partial charge in [-0.15, -0.1) is 0 Å². The summed E-state index contributed by atoms with van der Waals surface area (Å²) in [6.45, 7) is 0. The van der Waals surface area contributed by atoms with Crippen LogP contribution in [-0.2, 0) is 0 Å². The van der Waals surface area contributed by atoms with Crippen molar-refractivity contribution < 1.29 is 4.39 Å². The molecule has 1 aliphatic carbocycles. The van der Waals surface area contributed by atoms with E-state index in [2.05, 4.69) is 9.55 Å². The van der Waals surface area contributed by atoms with Gasteiger partial charge in [0.25, 0.3) is 0 Å². The fourth-order valence-electron chi connectivity index (χ4n) is 2.70. The Bertz CT molecular complexity index is 852. The molecule has 1 heterocycles. The first-order valence-corrected chi connectivity index (χ1v) is 7.25. The first-order chi connectivity index (χ1) is 10.1. The van der Waals surface area contributed by atoms with E-state index in [0.29, 0.717) is 28.1 Å². The molecule has 1 aliphatic rings. The van der Waals surface area contributed by atoms with E-state index in [1.807, 2.05) is 18.2 Å². The van der Waals surface area contributed by atoms with Crippen molar-refractivity contribution in [2.24, 2.45) is 0 Å². The van der Waals surface area contributed by atoms with Crippen molar-refractivity contribution in [3.8, 4) is 11.4 Å². The van der Waals surface area contributed by atoms with Crippen LogP contribution in [0.2, 0.25) is 5.02 Å². The van der Waals surface area contributed by atoms with Gasteiger partial charge in [0.2, 0.25) is 0 Å². The van der Waals surface area contributed by atoms with Gasteiger partial charge in [0.15, 0.2) is 0 Å². The van der Waals surface area contributed by atoms with Crippen molar-refractivity contribution in [3.05, 3.63) is 47.2 Å². The van der Waals surface area contributed by atoms with Crippen LogP contribution in [0.1, 0.15) is 18.9 Å². The predicted molar refractivity (Wildman–Crippen MR) is 82.8 cm³/mol. The van der Waals surface area contributed by atoms with E-state index in [1.54, 1.807) is 12.1 Å². The second kappa shape index (κ2) is 4.46. The number of hydrogen-bond acceptors (Lipinski definition) is 2.